The maximum Gasteiger partial charge on any atom is 0.323 e. The highest BCUT2D eigenvalue weighted by Crippen LogP contribution is 2.12. The van der Waals surface area contributed by atoms with Gasteiger partial charge in [-0.15, -0.1) is 0 Å². The molecule has 0 bridgehead atoms. The Bertz CT molecular complexity index is 429. The van der Waals surface area contributed by atoms with Crippen molar-refractivity contribution < 1.29 is 19.7 Å². The number of ether oxygens (including phenoxy) is 1. The van der Waals surface area contributed by atoms with Gasteiger partial charge in [0.15, 0.2) is 5.96 Å². The van der Waals surface area contributed by atoms with Crippen LogP contribution in [-0.4, -0.2) is 60.1 Å². The van der Waals surface area contributed by atoms with Gasteiger partial charge in [-0.05, 0) is 19.8 Å². The Hall–Kier alpha value is -1.38. The molecule has 0 aromatic carbocycles. The summed E-state index contributed by atoms with van der Waals surface area (Å²) in [5.41, 5.74) is 10.7. The molecule has 0 aromatic rings. The van der Waals surface area contributed by atoms with Gasteiger partial charge in [-0.1, -0.05) is 64.7 Å². The molecule has 0 fully saturated rings. The van der Waals surface area contributed by atoms with E-state index >= 15 is 0 Å². The molecule has 0 aliphatic rings. The van der Waals surface area contributed by atoms with Gasteiger partial charge >= 0.3 is 5.97 Å². The minimum Gasteiger partial charge on any atom is -0.480 e. The highest BCUT2D eigenvalue weighted by molar-refractivity contribution is 5.75. The van der Waals surface area contributed by atoms with Crippen LogP contribution in [0.3, 0.4) is 0 Å². The first-order chi connectivity index (χ1) is 13.9. The minimum absolute atomic E-state index is 0.0257. The molecule has 3 atom stereocenters. The number of rotatable bonds is 20. The first-order valence-electron chi connectivity index (χ1n) is 11.2. The van der Waals surface area contributed by atoms with Gasteiger partial charge < -0.3 is 26.4 Å². The first kappa shape index (κ1) is 27.6. The largest absolute Gasteiger partial charge is 0.480 e. The Morgan fingerprint density at radius 2 is 1.59 bits per heavy atom. The van der Waals surface area contributed by atoms with Crippen LogP contribution in [0.25, 0.3) is 0 Å². The van der Waals surface area contributed by atoms with Gasteiger partial charge in [-0.3, -0.25) is 15.1 Å². The normalized spacial score (nSPS) is 14.3. The maximum absolute atomic E-state index is 11.6. The molecule has 8 heteroatoms. The lowest BCUT2D eigenvalue weighted by Gasteiger charge is -2.25. The Balaban J connectivity index is 4.22. The summed E-state index contributed by atoms with van der Waals surface area (Å²) in [6.45, 7) is 4.81. The molecule has 7 N–H and O–H groups in total. The van der Waals surface area contributed by atoms with Gasteiger partial charge in [-0.2, -0.15) is 0 Å². The molecule has 0 spiro atoms. The molecule has 0 radical (unpaired) electrons. The van der Waals surface area contributed by atoms with Crippen LogP contribution in [0.5, 0.6) is 0 Å². The number of nitrogens with two attached hydrogens (primary N) is 2. The van der Waals surface area contributed by atoms with Crippen molar-refractivity contribution in [1.29, 1.82) is 0 Å². The topological polar surface area (TPSA) is 143 Å². The zero-order valence-electron chi connectivity index (χ0n) is 18.4. The second-order valence-corrected chi connectivity index (χ2v) is 7.76. The molecular formula is C21H44N4O4. The Morgan fingerprint density at radius 1 is 1.03 bits per heavy atom. The number of carboxylic acids is 1. The van der Waals surface area contributed by atoms with E-state index in [4.69, 9.17) is 16.2 Å². The first-order valence-corrected chi connectivity index (χ1v) is 11.2. The quantitative estimate of drug-likeness (QED) is 0.116. The van der Waals surface area contributed by atoms with E-state index in [0.29, 0.717) is 19.6 Å². The fourth-order valence-electron chi connectivity index (χ4n) is 3.17. The second kappa shape index (κ2) is 18.6. The van der Waals surface area contributed by atoms with Gasteiger partial charge in [-0.25, -0.2) is 0 Å². The zero-order valence-corrected chi connectivity index (χ0v) is 18.4. The summed E-state index contributed by atoms with van der Waals surface area (Å²) < 4.78 is 5.88. The monoisotopic (exact) mass is 416 g/mol. The van der Waals surface area contributed by atoms with Gasteiger partial charge in [0.1, 0.15) is 6.04 Å². The fourth-order valence-corrected chi connectivity index (χ4v) is 3.17. The third-order valence-electron chi connectivity index (χ3n) is 4.81. The number of hydrogen-bond donors (Lipinski definition) is 5. The Labute approximate surface area is 176 Å². The number of hydrogen-bond acceptors (Lipinski definition) is 5. The van der Waals surface area contributed by atoms with E-state index in [0.717, 1.165) is 12.8 Å². The SMILES string of the molecule is CCCCCCCCCCCCOC(CCN=C(N)N)[C@H](NCC(C)O)C(=O)O. The summed E-state index contributed by atoms with van der Waals surface area (Å²) >= 11 is 0. The van der Waals surface area contributed by atoms with Crippen molar-refractivity contribution in [3.8, 4) is 0 Å². The van der Waals surface area contributed by atoms with Crippen molar-refractivity contribution >= 4 is 11.9 Å². The van der Waals surface area contributed by atoms with E-state index in [1.807, 2.05) is 0 Å². The number of nitrogens with zero attached hydrogens (tertiary/aromatic N) is 1. The third-order valence-corrected chi connectivity index (χ3v) is 4.81. The number of aliphatic hydroxyl groups excluding tert-OH is 1. The highest BCUT2D eigenvalue weighted by Gasteiger charge is 2.28. The molecule has 0 aromatic heterocycles. The van der Waals surface area contributed by atoms with E-state index in [-0.39, 0.29) is 12.5 Å². The summed E-state index contributed by atoms with van der Waals surface area (Å²) in [6, 6.07) is -0.915. The summed E-state index contributed by atoms with van der Waals surface area (Å²) in [7, 11) is 0. The number of carboxylic acid groups (broad SMARTS) is 1. The molecule has 0 saturated carbocycles. The van der Waals surface area contributed by atoms with Gasteiger partial charge in [0.05, 0.1) is 12.2 Å². The van der Waals surface area contributed by atoms with Gasteiger partial charge in [0.25, 0.3) is 0 Å². The maximum atomic E-state index is 11.6. The third kappa shape index (κ3) is 17.2. The van der Waals surface area contributed by atoms with Gasteiger partial charge in [0.2, 0.25) is 0 Å². The van der Waals surface area contributed by atoms with Crippen LogP contribution in [-0.2, 0) is 9.53 Å². The van der Waals surface area contributed by atoms with E-state index in [1.54, 1.807) is 6.92 Å². The summed E-state index contributed by atoms with van der Waals surface area (Å²) in [4.78, 5) is 15.6. The Kier molecular flexibility index (Phi) is 17.7. The lowest BCUT2D eigenvalue weighted by molar-refractivity contribution is -0.144. The number of nitrogens with one attached hydrogen (secondary N) is 1. The Morgan fingerprint density at radius 3 is 2.07 bits per heavy atom. The predicted octanol–water partition coefficient (Wildman–Crippen LogP) is 2.38. The number of carbonyl (C=O) groups is 1. The smallest absolute Gasteiger partial charge is 0.323 e. The van der Waals surface area contributed by atoms with Crippen molar-refractivity contribution in [1.82, 2.24) is 5.32 Å². The molecule has 29 heavy (non-hydrogen) atoms. The molecule has 172 valence electrons. The highest BCUT2D eigenvalue weighted by atomic mass is 16.5. The van der Waals surface area contributed by atoms with Crippen LogP contribution in [0.4, 0.5) is 0 Å². The average molecular weight is 417 g/mol. The summed E-state index contributed by atoms with van der Waals surface area (Å²) in [6.07, 6.45) is 11.5. The van der Waals surface area contributed by atoms with Crippen molar-refractivity contribution in [2.45, 2.75) is 103 Å². The lowest BCUT2D eigenvalue weighted by Crippen LogP contribution is -2.49. The van der Waals surface area contributed by atoms with E-state index in [9.17, 15) is 15.0 Å². The van der Waals surface area contributed by atoms with E-state index < -0.39 is 24.2 Å². The van der Waals surface area contributed by atoms with Crippen LogP contribution in [0.15, 0.2) is 4.99 Å². The van der Waals surface area contributed by atoms with E-state index in [2.05, 4.69) is 17.2 Å². The van der Waals surface area contributed by atoms with Crippen LogP contribution in [0, 0.1) is 0 Å². The number of guanidine groups is 1. The molecular weight excluding hydrogens is 372 g/mol. The van der Waals surface area contributed by atoms with Crippen molar-refractivity contribution in [3.63, 3.8) is 0 Å². The van der Waals surface area contributed by atoms with Crippen molar-refractivity contribution in [3.05, 3.63) is 0 Å². The second-order valence-electron chi connectivity index (χ2n) is 7.76. The fraction of sp³-hybridized carbons (Fsp3) is 0.905. The molecule has 0 rings (SSSR count). The van der Waals surface area contributed by atoms with Crippen LogP contribution in [0.1, 0.15) is 84.5 Å². The molecule has 0 aliphatic heterocycles. The minimum atomic E-state index is -1.01. The number of unbranched alkanes of at least 4 members (excludes halogenated alkanes) is 9. The molecule has 0 amide bonds. The standard InChI is InChI=1S/C21H44N4O4/c1-3-4-5-6-7-8-9-10-11-12-15-29-18(13-14-24-21(22)23)19(20(27)28)25-16-17(2)26/h17-19,25-26H,3-16H2,1-2H3,(H,27,28)(H4,22,23,24)/t17?,18?,19-/m0/s1. The number of aliphatic carboxylic acids is 1. The van der Waals surface area contributed by atoms with Crippen LogP contribution in [0.2, 0.25) is 0 Å². The van der Waals surface area contributed by atoms with Gasteiger partial charge in [0, 0.05) is 19.7 Å². The van der Waals surface area contributed by atoms with Crippen LogP contribution >= 0.6 is 0 Å². The average Bonchev–Trinajstić information content (AvgIpc) is 2.64. The van der Waals surface area contributed by atoms with Crippen molar-refractivity contribution in [2.24, 2.45) is 16.5 Å². The summed E-state index contributed by atoms with van der Waals surface area (Å²) in [5.74, 6) is -1.04. The van der Waals surface area contributed by atoms with Crippen LogP contribution < -0.4 is 16.8 Å². The lowest BCUT2D eigenvalue weighted by atomic mass is 10.1. The zero-order chi connectivity index (χ0) is 21.9. The molecule has 0 heterocycles. The predicted molar refractivity (Wildman–Crippen MR) is 118 cm³/mol. The summed E-state index contributed by atoms with van der Waals surface area (Å²) in [5, 5.41) is 21.8. The number of aliphatic imine (C=N–C) groups is 1. The number of aliphatic hydroxyl groups is 1. The molecule has 2 unspecified atom stereocenters. The molecule has 0 aliphatic carbocycles. The van der Waals surface area contributed by atoms with E-state index in [1.165, 1.54) is 51.4 Å². The van der Waals surface area contributed by atoms with Crippen molar-refractivity contribution in [2.75, 3.05) is 19.7 Å². The molecule has 0 saturated heterocycles. The molecule has 8 nitrogen and oxygen atoms in total.